The Labute approximate surface area is 127 Å². The number of aryl methyl sites for hydroxylation is 1. The second kappa shape index (κ2) is 5.51. The highest BCUT2D eigenvalue weighted by atomic mass is 19.1. The molecule has 2 amide bonds. The lowest BCUT2D eigenvalue weighted by Gasteiger charge is -2.12. The molecule has 1 aromatic heterocycles. The zero-order valence-electron chi connectivity index (χ0n) is 12.7. The van der Waals surface area contributed by atoms with Crippen LogP contribution in [0.15, 0.2) is 23.4 Å². The summed E-state index contributed by atoms with van der Waals surface area (Å²) in [4.78, 5) is 31.3. The molecule has 1 aliphatic carbocycles. The molecule has 22 heavy (non-hydrogen) atoms. The van der Waals surface area contributed by atoms with Crippen LogP contribution in [0.2, 0.25) is 0 Å². The molecule has 0 fully saturated rings. The van der Waals surface area contributed by atoms with Crippen LogP contribution in [-0.2, 0) is 9.59 Å². The van der Waals surface area contributed by atoms with Crippen molar-refractivity contribution in [3.63, 3.8) is 0 Å². The Morgan fingerprint density at radius 1 is 1.14 bits per heavy atom. The summed E-state index contributed by atoms with van der Waals surface area (Å²) < 4.78 is 15.5. The summed E-state index contributed by atoms with van der Waals surface area (Å²) >= 11 is 0. The van der Waals surface area contributed by atoms with E-state index in [9.17, 15) is 14.0 Å². The molecule has 0 N–H and O–H groups in total. The molecule has 0 saturated heterocycles. The van der Waals surface area contributed by atoms with Crippen molar-refractivity contribution in [2.75, 3.05) is 12.0 Å². The molecule has 0 bridgehead atoms. The summed E-state index contributed by atoms with van der Waals surface area (Å²) in [6, 6.07) is 1.29. The molecule has 0 atom stereocenters. The van der Waals surface area contributed by atoms with Crippen LogP contribution in [0.25, 0.3) is 0 Å². The molecule has 5 nitrogen and oxygen atoms in total. The van der Waals surface area contributed by atoms with Crippen molar-refractivity contribution in [2.45, 2.75) is 39.0 Å². The number of hydrogen-bond acceptors (Lipinski definition) is 3. The predicted molar refractivity (Wildman–Crippen MR) is 76.4 cm³/mol. The quantitative estimate of drug-likeness (QED) is 0.616. The van der Waals surface area contributed by atoms with E-state index in [1.165, 1.54) is 13.2 Å². The maximum Gasteiger partial charge on any atom is 0.367 e. The van der Waals surface area contributed by atoms with Crippen LogP contribution in [-0.4, -0.2) is 18.9 Å². The van der Waals surface area contributed by atoms with Gasteiger partial charge in [-0.1, -0.05) is 6.42 Å². The largest absolute Gasteiger partial charge is 0.367 e. The van der Waals surface area contributed by atoms with Gasteiger partial charge in [-0.2, -0.15) is 4.39 Å². The Hall–Kier alpha value is -2.24. The average molecular weight is 305 g/mol. The number of carbonyl (C=O) groups is 2. The Bertz CT molecular complexity index is 669. The first-order valence-electron chi connectivity index (χ1n) is 7.41. The number of pyridine rings is 1. The van der Waals surface area contributed by atoms with E-state index in [1.54, 1.807) is 13.1 Å². The maximum atomic E-state index is 14.4. The van der Waals surface area contributed by atoms with E-state index in [0.717, 1.165) is 28.9 Å². The zero-order valence-corrected chi connectivity index (χ0v) is 12.7. The number of hydrogen-bond donors (Lipinski definition) is 0. The molecule has 0 radical (unpaired) electrons. The lowest BCUT2D eigenvalue weighted by atomic mass is 10.1. The van der Waals surface area contributed by atoms with Gasteiger partial charge in [0.05, 0.1) is 11.1 Å². The molecule has 0 aromatic carbocycles. The molecule has 2 aliphatic rings. The highest BCUT2D eigenvalue weighted by Crippen LogP contribution is 2.34. The first-order chi connectivity index (χ1) is 10.5. The summed E-state index contributed by atoms with van der Waals surface area (Å²) in [6.45, 7) is 1.71. The standard InChI is InChI=1S/C16H18FN2O3/c1-10-8-13(17)14(18(9-10)22-2)19-15(20)11-6-4-3-5-7-12(11)16(19)21/h8-9H,3-7H2,1-2H3/q+1. The second-order valence-electron chi connectivity index (χ2n) is 5.66. The second-order valence-corrected chi connectivity index (χ2v) is 5.66. The fraction of sp³-hybridized carbons (Fsp3) is 0.438. The topological polar surface area (TPSA) is 50.5 Å². The SMILES string of the molecule is CO[n+]1cc(C)cc(F)c1N1C(=O)C2=C(CCCCC2)C1=O. The van der Waals surface area contributed by atoms with Crippen molar-refractivity contribution in [1.29, 1.82) is 0 Å². The van der Waals surface area contributed by atoms with Gasteiger partial charge in [-0.3, -0.25) is 0 Å². The van der Waals surface area contributed by atoms with Crippen molar-refractivity contribution in [2.24, 2.45) is 0 Å². The summed E-state index contributed by atoms with van der Waals surface area (Å²) in [7, 11) is 1.37. The van der Waals surface area contributed by atoms with Crippen molar-refractivity contribution in [1.82, 2.24) is 0 Å². The minimum absolute atomic E-state index is 0.156. The van der Waals surface area contributed by atoms with Gasteiger partial charge in [-0.15, -0.1) is 4.90 Å². The van der Waals surface area contributed by atoms with Crippen molar-refractivity contribution >= 4 is 17.6 Å². The first kappa shape index (κ1) is 14.7. The van der Waals surface area contributed by atoms with E-state index in [0.29, 0.717) is 29.6 Å². The van der Waals surface area contributed by atoms with Gasteiger partial charge in [-0.25, -0.2) is 9.59 Å². The number of aromatic nitrogens is 1. The minimum atomic E-state index is -0.652. The lowest BCUT2D eigenvalue weighted by molar-refractivity contribution is -0.875. The third-order valence-corrected chi connectivity index (χ3v) is 4.15. The van der Waals surface area contributed by atoms with Gasteiger partial charge in [0.1, 0.15) is 13.3 Å². The van der Waals surface area contributed by atoms with Crippen LogP contribution in [0.4, 0.5) is 10.2 Å². The number of carbonyl (C=O) groups excluding carboxylic acids is 2. The highest BCUT2D eigenvalue weighted by Gasteiger charge is 2.49. The third kappa shape index (κ3) is 2.19. The first-order valence-corrected chi connectivity index (χ1v) is 7.41. The molecule has 0 saturated carbocycles. The monoisotopic (exact) mass is 305 g/mol. The molecule has 116 valence electrons. The minimum Gasteiger partial charge on any atom is -0.339 e. The number of imide groups is 1. The summed E-state index contributed by atoms with van der Waals surface area (Å²) in [6.07, 6.45) is 5.47. The average Bonchev–Trinajstić information content (AvgIpc) is 2.67. The van der Waals surface area contributed by atoms with E-state index in [-0.39, 0.29) is 5.82 Å². The molecule has 2 heterocycles. The number of anilines is 1. The van der Waals surface area contributed by atoms with Crippen LogP contribution in [0.5, 0.6) is 0 Å². The Morgan fingerprint density at radius 2 is 1.73 bits per heavy atom. The summed E-state index contributed by atoms with van der Waals surface area (Å²) in [5.41, 5.74) is 1.70. The molecule has 3 rings (SSSR count). The zero-order chi connectivity index (χ0) is 15.9. The number of halogens is 1. The lowest BCUT2D eigenvalue weighted by Crippen LogP contribution is -2.50. The molecule has 1 aliphatic heterocycles. The van der Waals surface area contributed by atoms with Crippen LogP contribution in [0, 0.1) is 12.7 Å². The maximum absolute atomic E-state index is 14.4. The Balaban J connectivity index is 2.08. The van der Waals surface area contributed by atoms with E-state index in [1.807, 2.05) is 0 Å². The smallest absolute Gasteiger partial charge is 0.339 e. The fourth-order valence-electron chi connectivity index (χ4n) is 3.11. The molecule has 1 aromatic rings. The predicted octanol–water partition coefficient (Wildman–Crippen LogP) is 1.61. The van der Waals surface area contributed by atoms with Gasteiger partial charge in [-0.05, 0) is 49.0 Å². The fourth-order valence-corrected chi connectivity index (χ4v) is 3.11. The molecule has 6 heteroatoms. The molecule has 0 unspecified atom stereocenters. The van der Waals surface area contributed by atoms with Gasteiger partial charge >= 0.3 is 17.6 Å². The van der Waals surface area contributed by atoms with Crippen LogP contribution >= 0.6 is 0 Å². The Kier molecular flexibility index (Phi) is 3.68. The van der Waals surface area contributed by atoms with Gasteiger partial charge in [0.2, 0.25) is 5.82 Å². The van der Waals surface area contributed by atoms with Gasteiger partial charge < -0.3 is 4.84 Å². The van der Waals surface area contributed by atoms with Crippen LogP contribution < -0.4 is 14.5 Å². The van der Waals surface area contributed by atoms with Crippen LogP contribution in [0.1, 0.15) is 37.7 Å². The molecular weight excluding hydrogens is 287 g/mol. The highest BCUT2D eigenvalue weighted by molar-refractivity contribution is 6.32. The number of rotatable bonds is 2. The number of nitrogens with zero attached hydrogens (tertiary/aromatic N) is 2. The van der Waals surface area contributed by atoms with E-state index in [4.69, 9.17) is 4.84 Å². The van der Waals surface area contributed by atoms with Crippen LogP contribution in [0.3, 0.4) is 0 Å². The summed E-state index contributed by atoms with van der Waals surface area (Å²) in [5, 5.41) is 0. The van der Waals surface area contributed by atoms with E-state index >= 15 is 0 Å². The third-order valence-electron chi connectivity index (χ3n) is 4.15. The van der Waals surface area contributed by atoms with E-state index < -0.39 is 17.6 Å². The van der Waals surface area contributed by atoms with Gasteiger partial charge in [0.25, 0.3) is 0 Å². The Morgan fingerprint density at radius 3 is 2.27 bits per heavy atom. The molecular formula is C16H18FN2O3+. The normalized spacial score (nSPS) is 18.6. The van der Waals surface area contributed by atoms with Gasteiger partial charge in [0, 0.05) is 0 Å². The molecule has 0 spiro atoms. The van der Waals surface area contributed by atoms with Crippen molar-refractivity contribution in [3.8, 4) is 0 Å². The van der Waals surface area contributed by atoms with Gasteiger partial charge in [0.15, 0.2) is 0 Å². The van der Waals surface area contributed by atoms with Crippen molar-refractivity contribution < 1.29 is 23.5 Å². The van der Waals surface area contributed by atoms with Crippen molar-refractivity contribution in [3.05, 3.63) is 34.8 Å². The van der Waals surface area contributed by atoms with E-state index in [2.05, 4.69) is 0 Å². The number of amides is 2. The summed E-state index contributed by atoms with van der Waals surface area (Å²) in [5.74, 6) is -1.65.